The highest BCUT2D eigenvalue weighted by atomic mass is 16.7. The molecule has 0 saturated heterocycles. The second-order valence-corrected chi connectivity index (χ2v) is 4.70. The Bertz CT molecular complexity index is 470. The van der Waals surface area contributed by atoms with E-state index in [1.165, 1.54) is 0 Å². The van der Waals surface area contributed by atoms with Crippen molar-refractivity contribution in [1.29, 1.82) is 0 Å². The Morgan fingerprint density at radius 3 is 2.79 bits per heavy atom. The maximum atomic E-state index is 12.1. The summed E-state index contributed by atoms with van der Waals surface area (Å²) in [5, 5.41) is 2.87. The SMILES string of the molecule is CCC(N)(CC)C(=O)NCc1cccc2c1OCO2. The number of fused-ring (bicyclic) bond motifs is 1. The van der Waals surface area contributed by atoms with Gasteiger partial charge in [0.1, 0.15) is 0 Å². The highest BCUT2D eigenvalue weighted by Gasteiger charge is 2.29. The molecule has 2 rings (SSSR count). The Balaban J connectivity index is 2.04. The van der Waals surface area contributed by atoms with Crippen LogP contribution in [0.15, 0.2) is 18.2 Å². The Labute approximate surface area is 113 Å². The van der Waals surface area contributed by atoms with Crippen LogP contribution in [0.5, 0.6) is 11.5 Å². The van der Waals surface area contributed by atoms with Crippen LogP contribution in [0.25, 0.3) is 0 Å². The van der Waals surface area contributed by atoms with Gasteiger partial charge in [-0.15, -0.1) is 0 Å². The molecule has 5 heteroatoms. The van der Waals surface area contributed by atoms with E-state index in [1.807, 2.05) is 32.0 Å². The van der Waals surface area contributed by atoms with Crippen molar-refractivity contribution >= 4 is 5.91 Å². The smallest absolute Gasteiger partial charge is 0.240 e. The molecule has 5 nitrogen and oxygen atoms in total. The van der Waals surface area contributed by atoms with Crippen LogP contribution in [0.4, 0.5) is 0 Å². The van der Waals surface area contributed by atoms with Crippen molar-refractivity contribution in [3.63, 3.8) is 0 Å². The molecule has 0 unspecified atom stereocenters. The summed E-state index contributed by atoms with van der Waals surface area (Å²) in [6.45, 7) is 4.45. The van der Waals surface area contributed by atoms with Gasteiger partial charge in [0.15, 0.2) is 11.5 Å². The number of hydrogen-bond acceptors (Lipinski definition) is 4. The summed E-state index contributed by atoms with van der Waals surface area (Å²) in [5.74, 6) is 1.30. The molecule has 104 valence electrons. The monoisotopic (exact) mass is 264 g/mol. The summed E-state index contributed by atoms with van der Waals surface area (Å²) in [7, 11) is 0. The number of rotatable bonds is 5. The molecule has 19 heavy (non-hydrogen) atoms. The van der Waals surface area contributed by atoms with Crippen molar-refractivity contribution in [2.24, 2.45) is 5.73 Å². The molecular formula is C14H20N2O3. The third-order valence-electron chi connectivity index (χ3n) is 3.63. The quantitative estimate of drug-likeness (QED) is 0.846. The Kier molecular flexibility index (Phi) is 3.95. The van der Waals surface area contributed by atoms with E-state index < -0.39 is 5.54 Å². The number of ether oxygens (including phenoxy) is 2. The summed E-state index contributed by atoms with van der Waals surface area (Å²) < 4.78 is 10.7. The van der Waals surface area contributed by atoms with E-state index in [1.54, 1.807) is 0 Å². The fourth-order valence-corrected chi connectivity index (χ4v) is 2.05. The second-order valence-electron chi connectivity index (χ2n) is 4.70. The first-order chi connectivity index (χ1) is 9.10. The molecule has 1 heterocycles. The fourth-order valence-electron chi connectivity index (χ4n) is 2.05. The van der Waals surface area contributed by atoms with Crippen molar-refractivity contribution < 1.29 is 14.3 Å². The molecule has 1 aromatic rings. The van der Waals surface area contributed by atoms with Gasteiger partial charge in [-0.3, -0.25) is 4.79 Å². The van der Waals surface area contributed by atoms with Crippen LogP contribution in [0.1, 0.15) is 32.3 Å². The highest BCUT2D eigenvalue weighted by Crippen LogP contribution is 2.35. The number of nitrogens with two attached hydrogens (primary N) is 1. The van der Waals surface area contributed by atoms with Gasteiger partial charge in [-0.1, -0.05) is 26.0 Å². The summed E-state index contributed by atoms with van der Waals surface area (Å²) in [4.78, 5) is 12.1. The first-order valence-electron chi connectivity index (χ1n) is 6.55. The van der Waals surface area contributed by atoms with E-state index in [4.69, 9.17) is 15.2 Å². The predicted octanol–water partition coefficient (Wildman–Crippen LogP) is 1.55. The van der Waals surface area contributed by atoms with Gasteiger partial charge in [0.25, 0.3) is 0 Å². The number of nitrogens with one attached hydrogen (secondary N) is 1. The zero-order chi connectivity index (χ0) is 13.9. The predicted molar refractivity (Wildman–Crippen MR) is 71.9 cm³/mol. The molecule has 0 aromatic heterocycles. The molecule has 0 aliphatic carbocycles. The van der Waals surface area contributed by atoms with Crippen LogP contribution >= 0.6 is 0 Å². The lowest BCUT2D eigenvalue weighted by atomic mass is 9.93. The molecule has 1 aliphatic heterocycles. The van der Waals surface area contributed by atoms with Gasteiger partial charge in [0.2, 0.25) is 12.7 Å². The Morgan fingerprint density at radius 2 is 2.11 bits per heavy atom. The summed E-state index contributed by atoms with van der Waals surface area (Å²) >= 11 is 0. The van der Waals surface area contributed by atoms with Gasteiger partial charge in [0.05, 0.1) is 5.54 Å². The molecule has 1 aromatic carbocycles. The zero-order valence-electron chi connectivity index (χ0n) is 11.4. The second kappa shape index (κ2) is 5.48. The number of amides is 1. The first-order valence-corrected chi connectivity index (χ1v) is 6.55. The average Bonchev–Trinajstić information content (AvgIpc) is 2.92. The van der Waals surface area contributed by atoms with Crippen LogP contribution in [-0.4, -0.2) is 18.2 Å². The van der Waals surface area contributed by atoms with Gasteiger partial charge in [-0.05, 0) is 18.9 Å². The van der Waals surface area contributed by atoms with Crippen LogP contribution in [0.3, 0.4) is 0 Å². The van der Waals surface area contributed by atoms with Crippen LogP contribution in [-0.2, 0) is 11.3 Å². The van der Waals surface area contributed by atoms with Crippen molar-refractivity contribution in [1.82, 2.24) is 5.32 Å². The maximum Gasteiger partial charge on any atom is 0.240 e. The van der Waals surface area contributed by atoms with Crippen molar-refractivity contribution in [2.75, 3.05) is 6.79 Å². The molecular weight excluding hydrogens is 244 g/mol. The lowest BCUT2D eigenvalue weighted by Gasteiger charge is -2.25. The minimum atomic E-state index is -0.796. The minimum Gasteiger partial charge on any atom is -0.454 e. The molecule has 0 spiro atoms. The summed E-state index contributed by atoms with van der Waals surface area (Å²) in [6, 6.07) is 5.63. The summed E-state index contributed by atoms with van der Waals surface area (Å²) in [5.41, 5.74) is 6.15. The van der Waals surface area contributed by atoms with Gasteiger partial charge >= 0.3 is 0 Å². The van der Waals surface area contributed by atoms with Gasteiger partial charge in [-0.2, -0.15) is 0 Å². The van der Waals surface area contributed by atoms with E-state index in [0.717, 1.165) is 11.3 Å². The molecule has 1 aliphatic rings. The maximum absolute atomic E-state index is 12.1. The van der Waals surface area contributed by atoms with E-state index in [2.05, 4.69) is 5.32 Å². The van der Waals surface area contributed by atoms with Gasteiger partial charge < -0.3 is 20.5 Å². The first kappa shape index (κ1) is 13.7. The van der Waals surface area contributed by atoms with Crippen LogP contribution in [0.2, 0.25) is 0 Å². The van der Waals surface area contributed by atoms with Crippen LogP contribution in [0, 0.1) is 0 Å². The van der Waals surface area contributed by atoms with Crippen molar-refractivity contribution in [3.05, 3.63) is 23.8 Å². The molecule has 0 fully saturated rings. The van der Waals surface area contributed by atoms with Crippen molar-refractivity contribution in [2.45, 2.75) is 38.8 Å². The number of para-hydroxylation sites is 1. The lowest BCUT2D eigenvalue weighted by Crippen LogP contribution is -2.52. The van der Waals surface area contributed by atoms with Gasteiger partial charge in [-0.25, -0.2) is 0 Å². The lowest BCUT2D eigenvalue weighted by molar-refractivity contribution is -0.126. The number of hydrogen-bond donors (Lipinski definition) is 2. The normalized spacial score (nSPS) is 13.4. The third kappa shape index (κ3) is 2.66. The molecule has 0 atom stereocenters. The molecule has 1 amide bonds. The van der Waals surface area contributed by atoms with Gasteiger partial charge in [0, 0.05) is 12.1 Å². The van der Waals surface area contributed by atoms with E-state index >= 15 is 0 Å². The topological polar surface area (TPSA) is 73.6 Å². The van der Waals surface area contributed by atoms with Crippen LogP contribution < -0.4 is 20.5 Å². The third-order valence-corrected chi connectivity index (χ3v) is 3.63. The minimum absolute atomic E-state index is 0.131. The Hall–Kier alpha value is -1.75. The number of carbonyl (C=O) groups is 1. The standard InChI is InChI=1S/C14H20N2O3/c1-3-14(15,4-2)13(17)16-8-10-6-5-7-11-12(10)19-9-18-11/h5-7H,3-4,8-9,15H2,1-2H3,(H,16,17). The highest BCUT2D eigenvalue weighted by molar-refractivity contribution is 5.85. The number of carbonyl (C=O) groups excluding carboxylic acids is 1. The Morgan fingerprint density at radius 1 is 1.37 bits per heavy atom. The number of benzene rings is 1. The molecule has 0 radical (unpaired) electrons. The molecule has 0 bridgehead atoms. The molecule has 0 saturated carbocycles. The zero-order valence-corrected chi connectivity index (χ0v) is 11.4. The van der Waals surface area contributed by atoms with E-state index in [9.17, 15) is 4.79 Å². The van der Waals surface area contributed by atoms with Crippen molar-refractivity contribution in [3.8, 4) is 11.5 Å². The average molecular weight is 264 g/mol. The van der Waals surface area contributed by atoms with E-state index in [-0.39, 0.29) is 12.7 Å². The summed E-state index contributed by atoms with van der Waals surface area (Å²) in [6.07, 6.45) is 1.23. The van der Waals surface area contributed by atoms with E-state index in [0.29, 0.717) is 25.1 Å². The largest absolute Gasteiger partial charge is 0.454 e. The molecule has 3 N–H and O–H groups in total. The fraction of sp³-hybridized carbons (Fsp3) is 0.500.